The summed E-state index contributed by atoms with van der Waals surface area (Å²) in [7, 11) is -3.30. The number of nitrogens with zero attached hydrogens (tertiary/aromatic N) is 3. The lowest BCUT2D eigenvalue weighted by Gasteiger charge is -2.39. The summed E-state index contributed by atoms with van der Waals surface area (Å²) in [6, 6.07) is -0.480. The highest BCUT2D eigenvalue weighted by Crippen LogP contribution is 2.22. The van der Waals surface area contributed by atoms with E-state index in [9.17, 15) is 13.2 Å². The molecule has 2 fully saturated rings. The maximum atomic E-state index is 12.6. The lowest BCUT2D eigenvalue weighted by Crippen LogP contribution is -2.56. The molecule has 0 aromatic rings. The van der Waals surface area contributed by atoms with E-state index in [1.54, 1.807) is 0 Å². The molecule has 2 saturated heterocycles. The molecule has 0 spiro atoms. The molecule has 2 aliphatic heterocycles. The van der Waals surface area contributed by atoms with Crippen LogP contribution in [0.4, 0.5) is 0 Å². The first-order valence-corrected chi connectivity index (χ1v) is 9.26. The Morgan fingerprint density at radius 1 is 1.10 bits per heavy atom. The van der Waals surface area contributed by atoms with Crippen molar-refractivity contribution in [2.75, 3.05) is 45.5 Å². The lowest BCUT2D eigenvalue weighted by molar-refractivity contribution is -0.138. The van der Waals surface area contributed by atoms with Crippen molar-refractivity contribution in [2.24, 2.45) is 0 Å². The third-order valence-electron chi connectivity index (χ3n) is 4.30. The first-order chi connectivity index (χ1) is 9.43. The predicted molar refractivity (Wildman–Crippen MR) is 77.9 cm³/mol. The fraction of sp³-hybridized carbons (Fsp3) is 0.923. The van der Waals surface area contributed by atoms with Crippen molar-refractivity contribution in [3.8, 4) is 0 Å². The average Bonchev–Trinajstić information content (AvgIpc) is 2.46. The molecule has 0 bridgehead atoms. The van der Waals surface area contributed by atoms with E-state index >= 15 is 0 Å². The van der Waals surface area contributed by atoms with Crippen LogP contribution in [-0.2, 0) is 14.8 Å². The molecule has 0 radical (unpaired) electrons. The quantitative estimate of drug-likeness (QED) is 0.734. The van der Waals surface area contributed by atoms with Crippen LogP contribution < -0.4 is 0 Å². The zero-order valence-corrected chi connectivity index (χ0v) is 13.2. The highest BCUT2D eigenvalue weighted by molar-refractivity contribution is 7.88. The molecule has 1 unspecified atom stereocenters. The van der Waals surface area contributed by atoms with Crippen LogP contribution in [0.2, 0.25) is 0 Å². The second kappa shape index (κ2) is 6.41. The molecule has 6 nitrogen and oxygen atoms in total. The van der Waals surface area contributed by atoms with Crippen LogP contribution >= 0.6 is 0 Å². The van der Waals surface area contributed by atoms with Gasteiger partial charge >= 0.3 is 0 Å². The van der Waals surface area contributed by atoms with Crippen molar-refractivity contribution < 1.29 is 13.2 Å². The Balaban J connectivity index is 2.03. The molecule has 0 aromatic heterocycles. The van der Waals surface area contributed by atoms with Crippen molar-refractivity contribution >= 4 is 15.9 Å². The Morgan fingerprint density at radius 2 is 1.75 bits per heavy atom. The van der Waals surface area contributed by atoms with Crippen LogP contribution in [0.3, 0.4) is 0 Å². The SMILES string of the molecule is CCN1CCN(C(=O)C2CCCCN2S(C)(=O)=O)CC1. The van der Waals surface area contributed by atoms with Gasteiger partial charge in [0.15, 0.2) is 0 Å². The summed E-state index contributed by atoms with van der Waals surface area (Å²) >= 11 is 0. The molecule has 1 amide bonds. The van der Waals surface area contributed by atoms with E-state index in [0.717, 1.165) is 32.5 Å². The van der Waals surface area contributed by atoms with Crippen LogP contribution in [0.25, 0.3) is 0 Å². The lowest BCUT2D eigenvalue weighted by atomic mass is 10.0. The number of piperidine rings is 1. The van der Waals surface area contributed by atoms with Crippen molar-refractivity contribution in [3.63, 3.8) is 0 Å². The van der Waals surface area contributed by atoms with Crippen molar-refractivity contribution in [3.05, 3.63) is 0 Å². The van der Waals surface area contributed by atoms with Gasteiger partial charge in [0.1, 0.15) is 6.04 Å². The molecule has 0 N–H and O–H groups in total. The number of hydrogen-bond donors (Lipinski definition) is 0. The number of carbonyl (C=O) groups is 1. The summed E-state index contributed by atoms with van der Waals surface area (Å²) < 4.78 is 25.1. The minimum atomic E-state index is -3.30. The number of amides is 1. The van der Waals surface area contributed by atoms with E-state index in [1.165, 1.54) is 10.6 Å². The third kappa shape index (κ3) is 3.51. The second-order valence-corrected chi connectivity index (χ2v) is 7.58. The van der Waals surface area contributed by atoms with Crippen LogP contribution in [0.5, 0.6) is 0 Å². The van der Waals surface area contributed by atoms with Gasteiger partial charge in [-0.25, -0.2) is 8.42 Å². The summed E-state index contributed by atoms with van der Waals surface area (Å²) in [4.78, 5) is 16.7. The maximum absolute atomic E-state index is 12.6. The highest BCUT2D eigenvalue weighted by Gasteiger charge is 2.37. The fourth-order valence-corrected chi connectivity index (χ4v) is 4.16. The minimum absolute atomic E-state index is 0.00845. The van der Waals surface area contributed by atoms with Gasteiger partial charge in [-0.2, -0.15) is 4.31 Å². The van der Waals surface area contributed by atoms with Crippen LogP contribution in [0.15, 0.2) is 0 Å². The van der Waals surface area contributed by atoms with Gasteiger partial charge in [-0.1, -0.05) is 13.3 Å². The van der Waals surface area contributed by atoms with Gasteiger partial charge < -0.3 is 9.80 Å². The molecule has 2 rings (SSSR count). The summed E-state index contributed by atoms with van der Waals surface area (Å²) in [5, 5.41) is 0. The summed E-state index contributed by atoms with van der Waals surface area (Å²) in [5.41, 5.74) is 0. The standard InChI is InChI=1S/C13H25N3O3S/c1-3-14-8-10-15(11-9-14)13(17)12-6-4-5-7-16(12)20(2,18)19/h12H,3-11H2,1-2H3. The number of rotatable bonds is 3. The average molecular weight is 303 g/mol. The molecule has 0 saturated carbocycles. The Hall–Kier alpha value is -0.660. The van der Waals surface area contributed by atoms with Gasteiger partial charge in [-0.3, -0.25) is 4.79 Å². The first-order valence-electron chi connectivity index (χ1n) is 7.41. The highest BCUT2D eigenvalue weighted by atomic mass is 32.2. The van der Waals surface area contributed by atoms with E-state index < -0.39 is 16.1 Å². The molecule has 0 aliphatic carbocycles. The number of hydrogen-bond acceptors (Lipinski definition) is 4. The molecule has 2 aliphatic rings. The van der Waals surface area contributed by atoms with E-state index in [4.69, 9.17) is 0 Å². The van der Waals surface area contributed by atoms with Crippen LogP contribution in [0, 0.1) is 0 Å². The molecule has 0 aromatic carbocycles. The third-order valence-corrected chi connectivity index (χ3v) is 5.58. The smallest absolute Gasteiger partial charge is 0.241 e. The van der Waals surface area contributed by atoms with Gasteiger partial charge in [-0.15, -0.1) is 0 Å². The molecule has 116 valence electrons. The maximum Gasteiger partial charge on any atom is 0.241 e. The minimum Gasteiger partial charge on any atom is -0.339 e. The number of likely N-dealkylation sites (N-methyl/N-ethyl adjacent to an activating group) is 1. The monoisotopic (exact) mass is 303 g/mol. The summed E-state index contributed by atoms with van der Waals surface area (Å²) in [5.74, 6) is -0.00845. The van der Waals surface area contributed by atoms with Crippen molar-refractivity contribution in [2.45, 2.75) is 32.2 Å². The molecular formula is C13H25N3O3S. The zero-order chi connectivity index (χ0) is 14.8. The van der Waals surface area contributed by atoms with Crippen LogP contribution in [-0.4, -0.2) is 80.0 Å². The molecular weight excluding hydrogens is 278 g/mol. The van der Waals surface area contributed by atoms with Gasteiger partial charge in [0.25, 0.3) is 0 Å². The van der Waals surface area contributed by atoms with Gasteiger partial charge in [-0.05, 0) is 19.4 Å². The summed E-state index contributed by atoms with van der Waals surface area (Å²) in [6.07, 6.45) is 3.63. The number of sulfonamides is 1. The summed E-state index contributed by atoms with van der Waals surface area (Å²) in [6.45, 7) is 6.78. The second-order valence-electron chi connectivity index (χ2n) is 5.64. The molecule has 2 heterocycles. The topological polar surface area (TPSA) is 60.9 Å². The largest absolute Gasteiger partial charge is 0.339 e. The van der Waals surface area contributed by atoms with Gasteiger partial charge in [0.2, 0.25) is 15.9 Å². The van der Waals surface area contributed by atoms with Crippen LogP contribution in [0.1, 0.15) is 26.2 Å². The fourth-order valence-electron chi connectivity index (χ4n) is 3.04. The Labute approximate surface area is 121 Å². The van der Waals surface area contributed by atoms with E-state index in [1.807, 2.05) is 4.90 Å². The van der Waals surface area contributed by atoms with Crippen molar-refractivity contribution in [1.82, 2.24) is 14.1 Å². The zero-order valence-electron chi connectivity index (χ0n) is 12.4. The van der Waals surface area contributed by atoms with E-state index in [2.05, 4.69) is 11.8 Å². The predicted octanol–water partition coefficient (Wildman–Crippen LogP) is -0.0354. The molecule has 20 heavy (non-hydrogen) atoms. The Morgan fingerprint density at radius 3 is 2.30 bits per heavy atom. The van der Waals surface area contributed by atoms with E-state index in [-0.39, 0.29) is 5.91 Å². The van der Waals surface area contributed by atoms with Gasteiger partial charge in [0, 0.05) is 32.7 Å². The number of carbonyl (C=O) groups excluding carboxylic acids is 1. The molecule has 1 atom stereocenters. The Bertz CT molecular complexity index is 444. The Kier molecular flexibility index (Phi) is 5.04. The molecule has 7 heteroatoms. The number of piperazine rings is 1. The van der Waals surface area contributed by atoms with Gasteiger partial charge in [0.05, 0.1) is 6.26 Å². The normalized spacial score (nSPS) is 26.7. The van der Waals surface area contributed by atoms with E-state index in [0.29, 0.717) is 26.1 Å². The van der Waals surface area contributed by atoms with Crippen molar-refractivity contribution in [1.29, 1.82) is 0 Å². The first kappa shape index (κ1) is 15.7.